The van der Waals surface area contributed by atoms with Crippen LogP contribution in [0.25, 0.3) is 0 Å². The van der Waals surface area contributed by atoms with Crippen LogP contribution in [0.5, 0.6) is 0 Å². The summed E-state index contributed by atoms with van der Waals surface area (Å²) in [6, 6.07) is 8.70. The fraction of sp³-hybridized carbons (Fsp3) is 0.440. The van der Waals surface area contributed by atoms with Crippen LogP contribution in [-0.4, -0.2) is 50.0 Å². The Labute approximate surface area is 220 Å². The Kier molecular flexibility index (Phi) is 10.0. The Morgan fingerprint density at radius 2 is 1.68 bits per heavy atom. The summed E-state index contributed by atoms with van der Waals surface area (Å²) in [5, 5.41) is 2.16. The van der Waals surface area contributed by atoms with Gasteiger partial charge in [0.05, 0.1) is 22.5 Å². The lowest BCUT2D eigenvalue weighted by Crippen LogP contribution is -2.53. The molecule has 2 aromatic rings. The normalized spacial score (nSPS) is 12.8. The molecular weight excluding hydrogens is 531 g/mol. The highest BCUT2D eigenvalue weighted by molar-refractivity contribution is 7.92. The molecule has 0 saturated carbocycles. The van der Waals surface area contributed by atoms with E-state index in [0.717, 1.165) is 24.0 Å². The second kappa shape index (κ2) is 12.2. The topological polar surface area (TPSA) is 86.8 Å². The molecule has 0 aliphatic heterocycles. The van der Waals surface area contributed by atoms with E-state index in [1.165, 1.54) is 4.90 Å². The average molecular weight is 562 g/mol. The lowest BCUT2D eigenvalue weighted by atomic mass is 10.1. The number of anilines is 1. The maximum Gasteiger partial charge on any atom is 0.417 e. The molecule has 7 nitrogen and oxygen atoms in total. The number of amides is 2. The first kappa shape index (κ1) is 30.4. The van der Waals surface area contributed by atoms with Crippen LogP contribution in [0.15, 0.2) is 42.5 Å². The van der Waals surface area contributed by atoms with Gasteiger partial charge in [-0.3, -0.25) is 13.9 Å². The molecule has 0 fully saturated rings. The van der Waals surface area contributed by atoms with Gasteiger partial charge in [0, 0.05) is 12.6 Å². The van der Waals surface area contributed by atoms with Gasteiger partial charge in [0.15, 0.2) is 0 Å². The van der Waals surface area contributed by atoms with Gasteiger partial charge in [-0.2, -0.15) is 13.2 Å². The van der Waals surface area contributed by atoms with Gasteiger partial charge in [0.2, 0.25) is 21.8 Å². The third kappa shape index (κ3) is 8.36. The van der Waals surface area contributed by atoms with Crippen molar-refractivity contribution in [2.24, 2.45) is 0 Å². The number of sulfonamides is 1. The third-order valence-electron chi connectivity index (χ3n) is 5.51. The van der Waals surface area contributed by atoms with Gasteiger partial charge >= 0.3 is 6.18 Å². The van der Waals surface area contributed by atoms with Crippen LogP contribution in [0, 0.1) is 6.92 Å². The second-order valence-electron chi connectivity index (χ2n) is 9.03. The van der Waals surface area contributed by atoms with Crippen LogP contribution in [0.4, 0.5) is 18.9 Å². The number of aryl methyl sites for hydroxylation is 1. The van der Waals surface area contributed by atoms with E-state index in [4.69, 9.17) is 11.6 Å². The minimum absolute atomic E-state index is 0.00481. The smallest absolute Gasteiger partial charge is 0.352 e. The van der Waals surface area contributed by atoms with Gasteiger partial charge in [0.1, 0.15) is 12.6 Å². The monoisotopic (exact) mass is 561 g/mol. The maximum absolute atomic E-state index is 13.6. The molecular formula is C25H31ClF3N3O4S. The summed E-state index contributed by atoms with van der Waals surface area (Å²) in [6.45, 7) is 6.32. The van der Waals surface area contributed by atoms with Gasteiger partial charge in [-0.05, 0) is 51.0 Å². The first-order chi connectivity index (χ1) is 17.0. The number of nitrogens with one attached hydrogen (secondary N) is 1. The number of carbonyl (C=O) groups excluding carboxylic acids is 2. The fourth-order valence-electron chi connectivity index (χ4n) is 3.69. The van der Waals surface area contributed by atoms with E-state index < -0.39 is 51.2 Å². The van der Waals surface area contributed by atoms with Crippen molar-refractivity contribution in [2.75, 3.05) is 17.1 Å². The standard InChI is InChI=1S/C25H31ClF3N3O4S/c1-6-22(24(34)30-16(2)3)31(14-18-9-7-17(4)8-10-18)23(33)15-32(37(5,35)36)19-11-12-21(26)20(13-19)25(27,28)29/h7-13,16,22H,6,14-15H2,1-5H3,(H,30,34)/t22-/m0/s1. The molecule has 37 heavy (non-hydrogen) atoms. The Morgan fingerprint density at radius 3 is 2.16 bits per heavy atom. The molecule has 0 aliphatic rings. The summed E-state index contributed by atoms with van der Waals surface area (Å²) < 4.78 is 66.1. The zero-order chi connectivity index (χ0) is 28.1. The van der Waals surface area contributed by atoms with E-state index in [9.17, 15) is 31.2 Å². The van der Waals surface area contributed by atoms with Crippen molar-refractivity contribution < 1.29 is 31.2 Å². The van der Waals surface area contributed by atoms with Crippen LogP contribution in [-0.2, 0) is 32.3 Å². The van der Waals surface area contributed by atoms with Gasteiger partial charge in [-0.15, -0.1) is 0 Å². The Hall–Kier alpha value is -2.79. The minimum atomic E-state index is -4.83. The summed E-state index contributed by atoms with van der Waals surface area (Å²) in [4.78, 5) is 27.8. The molecule has 0 unspecified atom stereocenters. The quantitative estimate of drug-likeness (QED) is 0.453. The molecule has 0 saturated heterocycles. The van der Waals surface area contributed by atoms with Crippen LogP contribution in [0.2, 0.25) is 5.02 Å². The highest BCUT2D eigenvalue weighted by Gasteiger charge is 2.36. The lowest BCUT2D eigenvalue weighted by Gasteiger charge is -2.33. The lowest BCUT2D eigenvalue weighted by molar-refractivity contribution is -0.140. The zero-order valence-electron chi connectivity index (χ0n) is 21.3. The summed E-state index contributed by atoms with van der Waals surface area (Å²) >= 11 is 5.69. The molecule has 0 bridgehead atoms. The molecule has 2 rings (SSSR count). The van der Waals surface area contributed by atoms with E-state index in [1.807, 2.05) is 19.1 Å². The highest BCUT2D eigenvalue weighted by Crippen LogP contribution is 2.37. The van der Waals surface area contributed by atoms with Crippen LogP contribution < -0.4 is 9.62 Å². The minimum Gasteiger partial charge on any atom is -0.352 e. The number of halogens is 4. The van der Waals surface area contributed by atoms with Gasteiger partial charge in [0.25, 0.3) is 0 Å². The van der Waals surface area contributed by atoms with Crippen molar-refractivity contribution in [3.8, 4) is 0 Å². The summed E-state index contributed by atoms with van der Waals surface area (Å²) in [6.07, 6.45) is -3.82. The van der Waals surface area contributed by atoms with E-state index in [-0.39, 0.29) is 24.7 Å². The largest absolute Gasteiger partial charge is 0.417 e. The summed E-state index contributed by atoms with van der Waals surface area (Å²) in [5.74, 6) is -1.17. The first-order valence-corrected chi connectivity index (χ1v) is 13.8. The highest BCUT2D eigenvalue weighted by atomic mass is 35.5. The number of carbonyl (C=O) groups is 2. The average Bonchev–Trinajstić information content (AvgIpc) is 2.77. The molecule has 2 aromatic carbocycles. The molecule has 0 radical (unpaired) electrons. The maximum atomic E-state index is 13.6. The third-order valence-corrected chi connectivity index (χ3v) is 6.98. The van der Waals surface area contributed by atoms with Crippen molar-refractivity contribution in [1.29, 1.82) is 0 Å². The number of benzene rings is 2. The van der Waals surface area contributed by atoms with E-state index in [0.29, 0.717) is 15.9 Å². The van der Waals surface area contributed by atoms with Crippen LogP contribution in [0.3, 0.4) is 0 Å². The number of alkyl halides is 3. The molecule has 0 aromatic heterocycles. The first-order valence-electron chi connectivity index (χ1n) is 11.5. The molecule has 12 heteroatoms. The van der Waals surface area contributed by atoms with Crippen molar-refractivity contribution in [1.82, 2.24) is 10.2 Å². The predicted octanol–water partition coefficient (Wildman–Crippen LogP) is 4.77. The zero-order valence-corrected chi connectivity index (χ0v) is 22.8. The van der Waals surface area contributed by atoms with Crippen molar-refractivity contribution >= 4 is 39.1 Å². The Morgan fingerprint density at radius 1 is 1.08 bits per heavy atom. The number of hydrogen-bond acceptors (Lipinski definition) is 4. The molecule has 1 atom stereocenters. The molecule has 0 aliphatic carbocycles. The SMILES string of the molecule is CC[C@@H](C(=O)NC(C)C)N(Cc1ccc(C)cc1)C(=O)CN(c1ccc(Cl)c(C(F)(F)F)c1)S(C)(=O)=O. The molecule has 204 valence electrons. The Balaban J connectivity index is 2.52. The van der Waals surface area contributed by atoms with E-state index in [2.05, 4.69) is 5.32 Å². The molecule has 1 N–H and O–H groups in total. The molecule has 0 heterocycles. The summed E-state index contributed by atoms with van der Waals surface area (Å²) in [5.41, 5.74) is 0.0822. The fourth-order valence-corrected chi connectivity index (χ4v) is 4.76. The van der Waals surface area contributed by atoms with Crippen molar-refractivity contribution in [3.05, 3.63) is 64.2 Å². The van der Waals surface area contributed by atoms with Gasteiger partial charge in [-0.25, -0.2) is 8.42 Å². The predicted molar refractivity (Wildman–Crippen MR) is 138 cm³/mol. The Bertz CT molecular complexity index is 1220. The van der Waals surface area contributed by atoms with Gasteiger partial charge < -0.3 is 10.2 Å². The molecule has 0 spiro atoms. The van der Waals surface area contributed by atoms with Crippen LogP contribution in [0.1, 0.15) is 43.9 Å². The molecule has 2 amide bonds. The van der Waals surface area contributed by atoms with Crippen molar-refractivity contribution in [3.63, 3.8) is 0 Å². The van der Waals surface area contributed by atoms with Gasteiger partial charge in [-0.1, -0.05) is 48.4 Å². The van der Waals surface area contributed by atoms with E-state index >= 15 is 0 Å². The number of rotatable bonds is 10. The summed E-state index contributed by atoms with van der Waals surface area (Å²) in [7, 11) is -4.20. The van der Waals surface area contributed by atoms with Crippen molar-refractivity contribution in [2.45, 2.75) is 58.9 Å². The number of nitrogens with zero attached hydrogens (tertiary/aromatic N) is 2. The van der Waals surface area contributed by atoms with E-state index in [1.54, 1.807) is 32.9 Å². The van der Waals surface area contributed by atoms with Crippen LogP contribution >= 0.6 is 11.6 Å². The number of hydrogen-bond donors (Lipinski definition) is 1. The second-order valence-corrected chi connectivity index (χ2v) is 11.3.